The summed E-state index contributed by atoms with van der Waals surface area (Å²) in [4.78, 5) is 13.3. The van der Waals surface area contributed by atoms with E-state index in [9.17, 15) is 15.0 Å². The fourth-order valence-corrected chi connectivity index (χ4v) is 2.22. The van der Waals surface area contributed by atoms with Crippen molar-refractivity contribution in [1.29, 1.82) is 0 Å². The van der Waals surface area contributed by atoms with Gasteiger partial charge in [0.2, 0.25) is 5.91 Å². The highest BCUT2D eigenvalue weighted by Crippen LogP contribution is 2.21. The van der Waals surface area contributed by atoms with Crippen molar-refractivity contribution < 1.29 is 24.9 Å². The third-order valence-corrected chi connectivity index (χ3v) is 3.52. The Hall–Kier alpha value is -0.690. The van der Waals surface area contributed by atoms with Gasteiger partial charge < -0.3 is 25.0 Å². The summed E-state index contributed by atoms with van der Waals surface area (Å²) in [5.74, 6) is 0.00573. The molecule has 1 aliphatic heterocycles. The van der Waals surface area contributed by atoms with Gasteiger partial charge in [-0.05, 0) is 6.42 Å². The van der Waals surface area contributed by atoms with Crippen molar-refractivity contribution in [3.05, 3.63) is 0 Å². The van der Waals surface area contributed by atoms with Crippen molar-refractivity contribution in [2.24, 2.45) is 0 Å². The molecule has 6 heteroatoms. The maximum absolute atomic E-state index is 11.8. The molecule has 4 unspecified atom stereocenters. The largest absolute Gasteiger partial charge is 0.394 e. The smallest absolute Gasteiger partial charge is 0.222 e. The molecule has 1 saturated heterocycles. The van der Waals surface area contributed by atoms with Crippen molar-refractivity contribution in [1.82, 2.24) is 4.90 Å². The lowest BCUT2D eigenvalue weighted by molar-refractivity contribution is -0.132. The first-order valence-electron chi connectivity index (χ1n) is 6.87. The molecule has 0 aromatic carbocycles. The maximum atomic E-state index is 11.8. The molecule has 0 radical (unpaired) electrons. The number of rotatable bonds is 7. The summed E-state index contributed by atoms with van der Waals surface area (Å²) in [6, 6.07) is 0. The van der Waals surface area contributed by atoms with Gasteiger partial charge in [0, 0.05) is 20.0 Å². The van der Waals surface area contributed by atoms with Crippen LogP contribution in [0.2, 0.25) is 0 Å². The average Bonchev–Trinajstić information content (AvgIpc) is 2.66. The molecular weight excluding hydrogens is 250 g/mol. The molecule has 1 heterocycles. The number of nitrogens with zero attached hydrogens (tertiary/aromatic N) is 1. The summed E-state index contributed by atoms with van der Waals surface area (Å²) < 4.78 is 5.34. The van der Waals surface area contributed by atoms with Crippen LogP contribution in [0.5, 0.6) is 0 Å². The molecule has 112 valence electrons. The number of unbranched alkanes of at least 4 members (excludes halogenated alkanes) is 2. The molecule has 0 aliphatic carbocycles. The van der Waals surface area contributed by atoms with Crippen molar-refractivity contribution >= 4 is 5.91 Å². The van der Waals surface area contributed by atoms with Crippen LogP contribution in [-0.2, 0) is 9.53 Å². The number of hydrogen-bond donors (Lipinski definition) is 3. The molecule has 0 aromatic heterocycles. The van der Waals surface area contributed by atoms with Gasteiger partial charge in [-0.2, -0.15) is 0 Å². The summed E-state index contributed by atoms with van der Waals surface area (Å²) >= 11 is 0. The Morgan fingerprint density at radius 3 is 2.37 bits per heavy atom. The predicted octanol–water partition coefficient (Wildman–Crippen LogP) is -0.493. The topological polar surface area (TPSA) is 90.2 Å². The lowest BCUT2D eigenvalue weighted by atomic mass is 10.1. The maximum Gasteiger partial charge on any atom is 0.222 e. The van der Waals surface area contributed by atoms with E-state index in [-0.39, 0.29) is 19.1 Å². The Morgan fingerprint density at radius 1 is 1.21 bits per heavy atom. The molecule has 1 aliphatic rings. The minimum Gasteiger partial charge on any atom is -0.394 e. The van der Waals surface area contributed by atoms with Crippen molar-refractivity contribution in [3.8, 4) is 0 Å². The molecule has 1 amide bonds. The normalized spacial score (nSPS) is 30.6. The molecular formula is C13H25NO5. The van der Waals surface area contributed by atoms with Gasteiger partial charge in [0.1, 0.15) is 24.4 Å². The highest BCUT2D eigenvalue weighted by atomic mass is 16.6. The molecule has 0 bridgehead atoms. The first kappa shape index (κ1) is 16.4. The lowest BCUT2D eigenvalue weighted by Gasteiger charge is -2.23. The van der Waals surface area contributed by atoms with Gasteiger partial charge in [-0.3, -0.25) is 4.79 Å². The SMILES string of the molecule is CCCCCC(=O)N(C)CC1OC(CO)C(O)C1O. The van der Waals surface area contributed by atoms with Crippen LogP contribution < -0.4 is 0 Å². The second-order valence-electron chi connectivity index (χ2n) is 5.11. The van der Waals surface area contributed by atoms with Crippen LogP contribution in [0, 0.1) is 0 Å². The number of amides is 1. The Balaban J connectivity index is 2.39. The van der Waals surface area contributed by atoms with Crippen LogP contribution >= 0.6 is 0 Å². The van der Waals surface area contributed by atoms with Crippen molar-refractivity contribution in [2.45, 2.75) is 57.0 Å². The van der Waals surface area contributed by atoms with Gasteiger partial charge in [-0.15, -0.1) is 0 Å². The number of likely N-dealkylation sites (N-methyl/N-ethyl adjacent to an activating group) is 1. The molecule has 1 fully saturated rings. The molecule has 4 atom stereocenters. The third kappa shape index (κ3) is 4.42. The predicted molar refractivity (Wildman–Crippen MR) is 69.5 cm³/mol. The van der Waals surface area contributed by atoms with E-state index < -0.39 is 24.4 Å². The van der Waals surface area contributed by atoms with E-state index in [0.717, 1.165) is 19.3 Å². The van der Waals surface area contributed by atoms with Crippen LogP contribution in [0.3, 0.4) is 0 Å². The first-order valence-corrected chi connectivity index (χ1v) is 6.87. The standard InChI is InChI=1S/C13H25NO5/c1-3-4-5-6-11(16)14(2)7-9-12(17)13(18)10(8-15)19-9/h9-10,12-13,15,17-18H,3-8H2,1-2H3. The molecule has 0 aromatic rings. The summed E-state index contributed by atoms with van der Waals surface area (Å²) in [7, 11) is 1.66. The average molecular weight is 275 g/mol. The second-order valence-corrected chi connectivity index (χ2v) is 5.11. The van der Waals surface area contributed by atoms with E-state index in [1.54, 1.807) is 7.05 Å². The molecule has 19 heavy (non-hydrogen) atoms. The fourth-order valence-electron chi connectivity index (χ4n) is 2.22. The summed E-state index contributed by atoms with van der Waals surface area (Å²) in [6.07, 6.45) is -0.161. The molecule has 3 N–H and O–H groups in total. The summed E-state index contributed by atoms with van der Waals surface area (Å²) in [5.41, 5.74) is 0. The molecule has 0 saturated carbocycles. The Kier molecular flexibility index (Phi) is 6.71. The fraction of sp³-hybridized carbons (Fsp3) is 0.923. The molecule has 0 spiro atoms. The first-order chi connectivity index (χ1) is 9.01. The highest BCUT2D eigenvalue weighted by Gasteiger charge is 2.42. The minimum absolute atomic E-state index is 0.00573. The minimum atomic E-state index is -1.10. The van der Waals surface area contributed by atoms with Crippen LogP contribution in [-0.4, -0.2) is 70.7 Å². The van der Waals surface area contributed by atoms with Crippen LogP contribution in [0.25, 0.3) is 0 Å². The van der Waals surface area contributed by atoms with E-state index >= 15 is 0 Å². The van der Waals surface area contributed by atoms with Crippen molar-refractivity contribution in [3.63, 3.8) is 0 Å². The highest BCUT2D eigenvalue weighted by molar-refractivity contribution is 5.75. The van der Waals surface area contributed by atoms with E-state index in [1.165, 1.54) is 4.90 Å². The Bertz CT molecular complexity index is 286. The van der Waals surface area contributed by atoms with E-state index in [4.69, 9.17) is 9.84 Å². The number of aliphatic hydroxyl groups excluding tert-OH is 3. The van der Waals surface area contributed by atoms with Crippen LogP contribution in [0.4, 0.5) is 0 Å². The zero-order valence-electron chi connectivity index (χ0n) is 11.7. The zero-order chi connectivity index (χ0) is 14.4. The summed E-state index contributed by atoms with van der Waals surface area (Å²) in [6.45, 7) is 1.95. The Morgan fingerprint density at radius 2 is 1.84 bits per heavy atom. The zero-order valence-corrected chi connectivity index (χ0v) is 11.7. The number of carbonyl (C=O) groups excluding carboxylic acids is 1. The number of hydrogen-bond acceptors (Lipinski definition) is 5. The van der Waals surface area contributed by atoms with Crippen molar-refractivity contribution in [2.75, 3.05) is 20.2 Å². The van der Waals surface area contributed by atoms with Gasteiger partial charge in [-0.1, -0.05) is 19.8 Å². The Labute approximate surface area is 114 Å². The van der Waals surface area contributed by atoms with Gasteiger partial charge in [0.05, 0.1) is 6.61 Å². The number of carbonyl (C=O) groups is 1. The van der Waals surface area contributed by atoms with Gasteiger partial charge in [0.15, 0.2) is 0 Å². The third-order valence-electron chi connectivity index (χ3n) is 3.52. The van der Waals surface area contributed by atoms with Crippen LogP contribution in [0.1, 0.15) is 32.6 Å². The lowest BCUT2D eigenvalue weighted by Crippen LogP contribution is -2.40. The summed E-state index contributed by atoms with van der Waals surface area (Å²) in [5, 5.41) is 28.4. The monoisotopic (exact) mass is 275 g/mol. The van der Waals surface area contributed by atoms with Gasteiger partial charge in [0.25, 0.3) is 0 Å². The van der Waals surface area contributed by atoms with E-state index in [2.05, 4.69) is 6.92 Å². The van der Waals surface area contributed by atoms with E-state index in [0.29, 0.717) is 6.42 Å². The van der Waals surface area contributed by atoms with Gasteiger partial charge >= 0.3 is 0 Å². The number of ether oxygens (including phenoxy) is 1. The second kappa shape index (κ2) is 7.79. The van der Waals surface area contributed by atoms with Crippen LogP contribution in [0.15, 0.2) is 0 Å². The van der Waals surface area contributed by atoms with E-state index in [1.807, 2.05) is 0 Å². The quantitative estimate of drug-likeness (QED) is 0.545. The van der Waals surface area contributed by atoms with Gasteiger partial charge in [-0.25, -0.2) is 0 Å². The molecule has 6 nitrogen and oxygen atoms in total. The molecule has 1 rings (SSSR count). The number of aliphatic hydroxyl groups is 3.